The normalized spacial score (nSPS) is 15.8. The van der Waals surface area contributed by atoms with Gasteiger partial charge in [0.2, 0.25) is 0 Å². The molecule has 2 nitrogen and oxygen atoms in total. The van der Waals surface area contributed by atoms with Crippen molar-refractivity contribution in [2.75, 3.05) is 4.90 Å². The van der Waals surface area contributed by atoms with Gasteiger partial charge in [-0.15, -0.1) is 0 Å². The Labute approximate surface area is 333 Å². The number of anilines is 3. The fourth-order valence-electron chi connectivity index (χ4n) is 9.61. The Balaban J connectivity index is 1.30. The molecule has 1 aromatic heterocycles. The third-order valence-electron chi connectivity index (χ3n) is 11.6. The minimum atomic E-state index is -0.853. The quantitative estimate of drug-likeness (QED) is 0.173. The molecule has 256 valence electrons. The van der Waals surface area contributed by atoms with Crippen molar-refractivity contribution in [1.29, 1.82) is 0 Å². The first-order valence-electron chi connectivity index (χ1n) is 23.3. The number of nitrogens with zero attached hydrogens (tertiary/aromatic N) is 2. The van der Waals surface area contributed by atoms with Crippen molar-refractivity contribution in [1.82, 2.24) is 4.57 Å². The predicted octanol–water partition coefficient (Wildman–Crippen LogP) is 13.8. The zero-order valence-electron chi connectivity index (χ0n) is 39.3. The van der Waals surface area contributed by atoms with Gasteiger partial charge >= 0.3 is 0 Å². The molecule has 0 saturated heterocycles. The molecule has 1 heterocycles. The van der Waals surface area contributed by atoms with Crippen molar-refractivity contribution in [3.05, 3.63) is 228 Å². The Hall–Kier alpha value is -7.16. The summed E-state index contributed by atoms with van der Waals surface area (Å²) in [6, 6.07) is 43.8. The van der Waals surface area contributed by atoms with Crippen molar-refractivity contribution >= 4 is 49.6 Å². The molecule has 2 aliphatic carbocycles. The molecule has 1 spiro atoms. The van der Waals surface area contributed by atoms with E-state index in [1.807, 2.05) is 54.6 Å². The Morgan fingerprint density at radius 1 is 0.418 bits per heavy atom. The Bertz CT molecular complexity index is 3570. The molecule has 10 aromatic rings. The molecule has 0 saturated carbocycles. The molecule has 0 N–H and O–H groups in total. The Morgan fingerprint density at radius 3 is 1.67 bits per heavy atom. The fourth-order valence-corrected chi connectivity index (χ4v) is 9.61. The van der Waals surface area contributed by atoms with Crippen molar-refractivity contribution in [3.63, 3.8) is 0 Å². The van der Waals surface area contributed by atoms with Crippen LogP contribution in [0.15, 0.2) is 206 Å². The summed E-state index contributed by atoms with van der Waals surface area (Å²) in [6.45, 7) is 0. The molecule has 12 rings (SSSR count). The molecule has 2 heteroatoms. The second kappa shape index (κ2) is 11.4. The lowest BCUT2D eigenvalue weighted by Gasteiger charge is -2.38. The molecule has 0 bridgehead atoms. The lowest BCUT2D eigenvalue weighted by atomic mass is 9.63. The van der Waals surface area contributed by atoms with Gasteiger partial charge in [-0.1, -0.05) is 158 Å². The van der Waals surface area contributed by atoms with E-state index in [4.69, 9.17) is 8.22 Å². The molecule has 2 aliphatic rings. The van der Waals surface area contributed by atoms with Crippen molar-refractivity contribution in [2.24, 2.45) is 0 Å². The van der Waals surface area contributed by atoms with Gasteiger partial charge in [-0.25, -0.2) is 0 Å². The predicted molar refractivity (Wildman–Crippen MR) is 229 cm³/mol. The third-order valence-corrected chi connectivity index (χ3v) is 11.6. The lowest BCUT2D eigenvalue weighted by molar-refractivity contribution is 0.783. The van der Waals surface area contributed by atoms with Crippen LogP contribution in [-0.2, 0) is 5.41 Å². The van der Waals surface area contributed by atoms with Gasteiger partial charge in [-0.2, -0.15) is 0 Å². The number of para-hydroxylation sites is 3. The number of aromatic nitrogens is 1. The van der Waals surface area contributed by atoms with Crippen LogP contribution in [0.5, 0.6) is 0 Å². The fraction of sp³-hybridized carbons (Fsp3) is 0.0189. The van der Waals surface area contributed by atoms with E-state index in [0.717, 1.165) is 77.4 Å². The lowest BCUT2D eigenvalue weighted by Crippen LogP contribution is -2.30. The van der Waals surface area contributed by atoms with E-state index in [-0.39, 0.29) is 17.1 Å². The van der Waals surface area contributed by atoms with Crippen molar-refractivity contribution in [3.8, 4) is 27.9 Å². The van der Waals surface area contributed by atoms with Crippen LogP contribution in [0.1, 0.15) is 36.0 Å². The molecule has 0 aliphatic heterocycles. The average Bonchev–Trinajstić information content (AvgIpc) is 3.84. The van der Waals surface area contributed by atoms with Crippen LogP contribution in [0.3, 0.4) is 0 Å². The second-order valence-corrected chi connectivity index (χ2v) is 14.1. The average molecular weight is 709 g/mol. The molecule has 9 aromatic carbocycles. The first kappa shape index (κ1) is 22.1. The van der Waals surface area contributed by atoms with Crippen LogP contribution in [0.25, 0.3) is 60.5 Å². The summed E-state index contributed by atoms with van der Waals surface area (Å²) in [5.74, 6) is 0. The van der Waals surface area contributed by atoms with Gasteiger partial charge in [0.25, 0.3) is 0 Å². The van der Waals surface area contributed by atoms with Crippen LogP contribution in [-0.4, -0.2) is 4.57 Å². The molecule has 55 heavy (non-hydrogen) atoms. The molecule has 0 unspecified atom stereocenters. The van der Waals surface area contributed by atoms with Gasteiger partial charge < -0.3 is 9.47 Å². The van der Waals surface area contributed by atoms with Crippen LogP contribution in [0.4, 0.5) is 17.1 Å². The first-order valence-corrected chi connectivity index (χ1v) is 18.3. The van der Waals surface area contributed by atoms with Crippen molar-refractivity contribution < 1.29 is 13.7 Å². The van der Waals surface area contributed by atoms with Gasteiger partial charge in [0.05, 0.1) is 41.5 Å². The standard InChI is InChI=1S/C53H34N2/c1-4-17-35(18-5-1)38-23-12-15-29-46(38)55-48-30-16-28-44-51(48)52-49(55)33-31-41-47(54(36-19-6-2-7-20-36)37-21-8-3-9-22-37)34-32-45(50(41)52)53(44)42-26-13-10-24-39(42)40-25-11-14-27-43(40)53/h1-34H/i2D,3D,6D,7D,8D,9D,19D,20D,21D,22D. The maximum Gasteiger partial charge on any atom is 0.0726 e. The molecule has 0 radical (unpaired) electrons. The van der Waals surface area contributed by atoms with Gasteiger partial charge in [0, 0.05) is 33.1 Å². The maximum atomic E-state index is 9.27. The van der Waals surface area contributed by atoms with Gasteiger partial charge in [-0.05, 0) is 92.8 Å². The number of benzene rings is 9. The summed E-state index contributed by atoms with van der Waals surface area (Å²) >= 11 is 0. The highest BCUT2D eigenvalue weighted by atomic mass is 15.1. The number of rotatable bonds is 5. The molecular formula is C53H34N2. The van der Waals surface area contributed by atoms with Gasteiger partial charge in [-0.3, -0.25) is 0 Å². The highest BCUT2D eigenvalue weighted by Gasteiger charge is 2.50. The number of hydrogen-bond donors (Lipinski definition) is 0. The molecule has 0 amide bonds. The van der Waals surface area contributed by atoms with E-state index in [2.05, 4.69) is 95.6 Å². The van der Waals surface area contributed by atoms with Crippen LogP contribution in [0, 0.1) is 0 Å². The van der Waals surface area contributed by atoms with Crippen LogP contribution in [0.2, 0.25) is 0 Å². The highest BCUT2D eigenvalue weighted by Crippen LogP contribution is 2.63. The van der Waals surface area contributed by atoms with E-state index in [1.165, 1.54) is 4.90 Å². The summed E-state index contributed by atoms with van der Waals surface area (Å²) in [5, 5.41) is 3.38. The van der Waals surface area contributed by atoms with E-state index in [0.29, 0.717) is 5.39 Å². The SMILES string of the molecule is [2H]c1c([2H])c([2H])c(N(c2c([2H])c([2H])c([2H])c([2H])c2[2H])c2ccc3c4c2ccc2c4c4c(cccc4n2-c2ccccc2-c2ccccc2)C32c3ccccc3-c3ccccc32)c([2H])c1[2H]. The van der Waals surface area contributed by atoms with Crippen LogP contribution >= 0.6 is 0 Å². The summed E-state index contributed by atoms with van der Waals surface area (Å²) in [6.07, 6.45) is 0. The summed E-state index contributed by atoms with van der Waals surface area (Å²) in [4.78, 5) is 1.29. The smallest absolute Gasteiger partial charge is 0.0726 e. The second-order valence-electron chi connectivity index (χ2n) is 14.1. The van der Waals surface area contributed by atoms with Crippen molar-refractivity contribution in [2.45, 2.75) is 5.41 Å². The minimum Gasteiger partial charge on any atom is -0.310 e. The zero-order chi connectivity index (χ0) is 44.8. The highest BCUT2D eigenvalue weighted by molar-refractivity contribution is 6.28. The van der Waals surface area contributed by atoms with E-state index in [9.17, 15) is 5.48 Å². The topological polar surface area (TPSA) is 8.17 Å². The molecule has 0 fully saturated rings. The molecular weight excluding hydrogens is 665 g/mol. The van der Waals surface area contributed by atoms with E-state index < -0.39 is 65.8 Å². The summed E-state index contributed by atoms with van der Waals surface area (Å²) in [7, 11) is 0. The first-order chi connectivity index (χ1) is 31.5. The van der Waals surface area contributed by atoms with E-state index in [1.54, 1.807) is 0 Å². The Kier molecular flexibility index (Phi) is 4.60. The van der Waals surface area contributed by atoms with Gasteiger partial charge in [0.15, 0.2) is 0 Å². The third kappa shape index (κ3) is 3.98. The van der Waals surface area contributed by atoms with Crippen LogP contribution < -0.4 is 4.90 Å². The van der Waals surface area contributed by atoms with Gasteiger partial charge in [0.1, 0.15) is 0 Å². The number of fused-ring (bicyclic) bond motifs is 7. The summed E-state index contributed by atoms with van der Waals surface area (Å²) < 4.78 is 91.4. The largest absolute Gasteiger partial charge is 0.310 e. The summed E-state index contributed by atoms with van der Waals surface area (Å²) in [5.41, 5.74) is 10.1. The minimum absolute atomic E-state index is 0.280. The monoisotopic (exact) mass is 708 g/mol. The number of hydrogen-bond acceptors (Lipinski definition) is 1. The van der Waals surface area contributed by atoms with E-state index >= 15 is 0 Å². The zero-order valence-corrected chi connectivity index (χ0v) is 29.3. The maximum absolute atomic E-state index is 9.27. The Morgan fingerprint density at radius 2 is 0.982 bits per heavy atom. The molecule has 0 atom stereocenters.